The average molecular weight is 387 g/mol. The first kappa shape index (κ1) is 22.3. The van der Waals surface area contributed by atoms with Crippen molar-refractivity contribution in [2.24, 2.45) is 17.2 Å². The van der Waals surface area contributed by atoms with Gasteiger partial charge in [-0.15, -0.1) is 0 Å². The molecule has 3 amide bonds. The monoisotopic (exact) mass is 387 g/mol. The average Bonchev–Trinajstić information content (AvgIpc) is 3.09. The first-order valence-corrected chi connectivity index (χ1v) is 8.26. The zero-order valence-electron chi connectivity index (χ0n) is 14.6. The highest BCUT2D eigenvalue weighted by Crippen LogP contribution is 2.16. The van der Waals surface area contributed by atoms with Gasteiger partial charge in [0.1, 0.15) is 12.1 Å². The number of aliphatic carboxylic acids is 1. The number of aliphatic hydroxyl groups excluding tert-OH is 1. The second kappa shape index (κ2) is 11.1. The fourth-order valence-corrected chi connectivity index (χ4v) is 2.13. The molecule has 13 heteroatoms. The standard InChI is InChI=1S/C14H25N7O6/c15-4-2-1-3-8(13(24)25)18-14(26)19-9(5-10(17)23)12-20-11(21-27-12)7(16)6-22/h7-9,22H,1-6,15-16H2,(H2,17,23)(H,24,25)(H2,18,19,26)/t7-,8-,9-/m0/s1. The van der Waals surface area contributed by atoms with E-state index in [1.165, 1.54) is 0 Å². The van der Waals surface area contributed by atoms with Crippen molar-refractivity contribution in [1.82, 2.24) is 20.8 Å². The number of hydrogen-bond acceptors (Lipinski definition) is 9. The number of carboxylic acid groups (broad SMARTS) is 1. The third-order valence-corrected chi connectivity index (χ3v) is 3.54. The molecular formula is C14H25N7O6. The Bertz CT molecular complexity index is 637. The van der Waals surface area contributed by atoms with Crippen molar-refractivity contribution in [2.75, 3.05) is 13.2 Å². The second-order valence-corrected chi connectivity index (χ2v) is 5.80. The summed E-state index contributed by atoms with van der Waals surface area (Å²) < 4.78 is 4.95. The number of aliphatic hydroxyl groups is 1. The molecule has 0 bridgehead atoms. The smallest absolute Gasteiger partial charge is 0.326 e. The van der Waals surface area contributed by atoms with Gasteiger partial charge < -0.3 is 42.6 Å². The minimum absolute atomic E-state index is 0.0191. The molecule has 0 fully saturated rings. The highest BCUT2D eigenvalue weighted by molar-refractivity contribution is 5.83. The van der Waals surface area contributed by atoms with E-state index in [1.54, 1.807) is 0 Å². The summed E-state index contributed by atoms with van der Waals surface area (Å²) in [6.07, 6.45) is 0.961. The van der Waals surface area contributed by atoms with Crippen LogP contribution in [0.15, 0.2) is 4.52 Å². The number of primary amides is 1. The molecule has 0 aliphatic rings. The molecule has 0 radical (unpaired) electrons. The molecule has 1 heterocycles. The molecule has 27 heavy (non-hydrogen) atoms. The topological polar surface area (TPSA) is 233 Å². The van der Waals surface area contributed by atoms with E-state index >= 15 is 0 Å². The van der Waals surface area contributed by atoms with Crippen LogP contribution >= 0.6 is 0 Å². The molecule has 0 unspecified atom stereocenters. The van der Waals surface area contributed by atoms with Crippen molar-refractivity contribution in [3.63, 3.8) is 0 Å². The molecule has 13 nitrogen and oxygen atoms in total. The van der Waals surface area contributed by atoms with E-state index in [1.807, 2.05) is 0 Å². The number of urea groups is 1. The predicted octanol–water partition coefficient (Wildman–Crippen LogP) is -2.14. The number of nitrogens with one attached hydrogen (secondary N) is 2. The van der Waals surface area contributed by atoms with E-state index in [9.17, 15) is 19.5 Å². The number of nitrogens with two attached hydrogens (primary N) is 3. The van der Waals surface area contributed by atoms with E-state index in [-0.39, 0.29) is 24.6 Å². The third-order valence-electron chi connectivity index (χ3n) is 3.54. The van der Waals surface area contributed by atoms with Gasteiger partial charge in [0.25, 0.3) is 0 Å². The lowest BCUT2D eigenvalue weighted by Crippen LogP contribution is -2.47. The van der Waals surface area contributed by atoms with Crippen molar-refractivity contribution in [3.8, 4) is 0 Å². The van der Waals surface area contributed by atoms with Crippen molar-refractivity contribution in [1.29, 1.82) is 0 Å². The Kier molecular flexibility index (Phi) is 9.12. The lowest BCUT2D eigenvalue weighted by atomic mass is 10.1. The van der Waals surface area contributed by atoms with Crippen LogP contribution < -0.4 is 27.8 Å². The fourth-order valence-electron chi connectivity index (χ4n) is 2.13. The van der Waals surface area contributed by atoms with Gasteiger partial charge in [-0.3, -0.25) is 4.79 Å². The van der Waals surface area contributed by atoms with Crippen LogP contribution in [0.1, 0.15) is 49.5 Å². The molecule has 10 N–H and O–H groups in total. The maximum absolute atomic E-state index is 12.1. The van der Waals surface area contributed by atoms with Gasteiger partial charge in [0.15, 0.2) is 5.82 Å². The first-order valence-electron chi connectivity index (χ1n) is 8.26. The summed E-state index contributed by atoms with van der Waals surface area (Å²) in [5.74, 6) is -2.14. The molecule has 0 aliphatic heterocycles. The summed E-state index contributed by atoms with van der Waals surface area (Å²) in [5, 5.41) is 26.4. The molecule has 3 atom stereocenters. The summed E-state index contributed by atoms with van der Waals surface area (Å²) in [6, 6.07) is -3.97. The Labute approximate surface area is 154 Å². The summed E-state index contributed by atoms with van der Waals surface area (Å²) in [5.41, 5.74) is 16.1. The van der Waals surface area contributed by atoms with Gasteiger partial charge >= 0.3 is 12.0 Å². The zero-order valence-corrected chi connectivity index (χ0v) is 14.6. The SMILES string of the molecule is NCCCC[C@H](NC(=O)N[C@@H](CC(N)=O)c1nc([C@@H](N)CO)no1)C(=O)O. The van der Waals surface area contributed by atoms with Gasteiger partial charge in [-0.05, 0) is 25.8 Å². The summed E-state index contributed by atoms with van der Waals surface area (Å²) in [4.78, 5) is 38.6. The summed E-state index contributed by atoms with van der Waals surface area (Å²) in [6.45, 7) is -0.0227. The Morgan fingerprint density at radius 2 is 1.93 bits per heavy atom. The van der Waals surface area contributed by atoms with E-state index in [0.717, 1.165) is 0 Å². The van der Waals surface area contributed by atoms with Crippen LogP contribution in [0.2, 0.25) is 0 Å². The quantitative estimate of drug-likeness (QED) is 0.192. The lowest BCUT2D eigenvalue weighted by Gasteiger charge is -2.18. The highest BCUT2D eigenvalue weighted by Gasteiger charge is 2.27. The molecule has 0 aliphatic carbocycles. The Morgan fingerprint density at radius 1 is 1.22 bits per heavy atom. The maximum atomic E-state index is 12.1. The van der Waals surface area contributed by atoms with Crippen LogP contribution in [-0.2, 0) is 9.59 Å². The molecule has 1 aromatic rings. The van der Waals surface area contributed by atoms with E-state index in [2.05, 4.69) is 20.8 Å². The number of hydrogen-bond donors (Lipinski definition) is 7. The van der Waals surface area contributed by atoms with Crippen LogP contribution in [0.5, 0.6) is 0 Å². The number of carbonyl (C=O) groups excluding carboxylic acids is 2. The van der Waals surface area contributed by atoms with E-state index in [4.69, 9.17) is 26.8 Å². The molecule has 0 saturated carbocycles. The van der Waals surface area contributed by atoms with Crippen LogP contribution in [0.3, 0.4) is 0 Å². The third kappa shape index (κ3) is 7.55. The van der Waals surface area contributed by atoms with E-state index < -0.39 is 42.6 Å². The molecule has 1 rings (SSSR count). The van der Waals surface area contributed by atoms with Crippen LogP contribution in [0, 0.1) is 0 Å². The van der Waals surface area contributed by atoms with Gasteiger partial charge in [-0.25, -0.2) is 9.59 Å². The highest BCUT2D eigenvalue weighted by atomic mass is 16.5. The van der Waals surface area contributed by atoms with Crippen LogP contribution in [-0.4, -0.2) is 57.5 Å². The Balaban J connectivity index is 2.80. The van der Waals surface area contributed by atoms with Crippen LogP contribution in [0.25, 0.3) is 0 Å². The molecule has 0 spiro atoms. The molecule has 1 aromatic heterocycles. The molecular weight excluding hydrogens is 362 g/mol. The number of nitrogens with zero attached hydrogens (tertiary/aromatic N) is 2. The predicted molar refractivity (Wildman–Crippen MR) is 90.9 cm³/mol. The fraction of sp³-hybridized carbons (Fsp3) is 0.643. The van der Waals surface area contributed by atoms with Crippen molar-refractivity contribution < 1.29 is 29.1 Å². The molecule has 0 aromatic carbocycles. The maximum Gasteiger partial charge on any atom is 0.326 e. The number of amides is 3. The zero-order chi connectivity index (χ0) is 20.4. The number of aromatic nitrogens is 2. The molecule has 0 saturated heterocycles. The normalized spacial score (nSPS) is 14.2. The van der Waals surface area contributed by atoms with Crippen molar-refractivity contribution >= 4 is 17.9 Å². The van der Waals surface area contributed by atoms with Crippen molar-refractivity contribution in [2.45, 2.75) is 43.8 Å². The van der Waals surface area contributed by atoms with Gasteiger partial charge in [-0.2, -0.15) is 4.98 Å². The Morgan fingerprint density at radius 3 is 2.48 bits per heavy atom. The number of unbranched alkanes of at least 4 members (excludes halogenated alkanes) is 1. The number of carbonyl (C=O) groups is 3. The first-order chi connectivity index (χ1) is 12.8. The minimum Gasteiger partial charge on any atom is -0.480 e. The summed E-state index contributed by atoms with van der Waals surface area (Å²) in [7, 11) is 0. The lowest BCUT2D eigenvalue weighted by molar-refractivity contribution is -0.139. The van der Waals surface area contributed by atoms with E-state index in [0.29, 0.717) is 19.4 Å². The molecule has 152 valence electrons. The second-order valence-electron chi connectivity index (χ2n) is 5.80. The number of carboxylic acids is 1. The minimum atomic E-state index is -1.21. The van der Waals surface area contributed by atoms with Crippen LogP contribution in [0.4, 0.5) is 4.79 Å². The number of rotatable bonds is 12. The Hall–Kier alpha value is -2.77. The van der Waals surface area contributed by atoms with Gasteiger partial charge in [0, 0.05) is 0 Å². The largest absolute Gasteiger partial charge is 0.480 e. The van der Waals surface area contributed by atoms with Gasteiger partial charge in [0.05, 0.1) is 19.1 Å². The van der Waals surface area contributed by atoms with Gasteiger partial charge in [0.2, 0.25) is 11.8 Å². The van der Waals surface area contributed by atoms with Crippen molar-refractivity contribution in [3.05, 3.63) is 11.7 Å². The van der Waals surface area contributed by atoms with Gasteiger partial charge in [-0.1, -0.05) is 5.16 Å². The summed E-state index contributed by atoms with van der Waals surface area (Å²) >= 11 is 0.